The summed E-state index contributed by atoms with van der Waals surface area (Å²) in [5.74, 6) is -1.15. The minimum Gasteiger partial charge on any atom is -0.452 e. The van der Waals surface area contributed by atoms with Crippen LogP contribution in [0.5, 0.6) is 0 Å². The lowest BCUT2D eigenvalue weighted by Gasteiger charge is -2.12. The van der Waals surface area contributed by atoms with Crippen molar-refractivity contribution >= 4 is 34.2 Å². The monoisotopic (exact) mass is 405 g/mol. The van der Waals surface area contributed by atoms with Crippen LogP contribution in [-0.4, -0.2) is 28.4 Å². The van der Waals surface area contributed by atoms with Gasteiger partial charge in [-0.05, 0) is 43.9 Å². The van der Waals surface area contributed by atoms with Gasteiger partial charge >= 0.3 is 5.97 Å². The maximum atomic E-state index is 12.8. The fourth-order valence-electron chi connectivity index (χ4n) is 3.73. The Kier molecular flexibility index (Phi) is 5.14. The van der Waals surface area contributed by atoms with Gasteiger partial charge in [-0.15, -0.1) is 0 Å². The van der Waals surface area contributed by atoms with E-state index in [1.165, 1.54) is 6.07 Å². The average molecular weight is 405 g/mol. The highest BCUT2D eigenvalue weighted by Gasteiger charge is 2.25. The highest BCUT2D eigenvalue weighted by atomic mass is 16.6. The van der Waals surface area contributed by atoms with Gasteiger partial charge in [-0.3, -0.25) is 19.9 Å². The highest BCUT2D eigenvalue weighted by Crippen LogP contribution is 2.30. The van der Waals surface area contributed by atoms with E-state index in [1.807, 2.05) is 24.3 Å². The molecule has 30 heavy (non-hydrogen) atoms. The van der Waals surface area contributed by atoms with Crippen molar-refractivity contribution in [1.29, 1.82) is 0 Å². The first-order valence-electron chi connectivity index (χ1n) is 9.56. The molecule has 1 aliphatic carbocycles. The van der Waals surface area contributed by atoms with Gasteiger partial charge < -0.3 is 10.1 Å². The van der Waals surface area contributed by atoms with Crippen molar-refractivity contribution in [1.82, 2.24) is 4.98 Å². The number of aryl methyl sites for hydroxylation is 2. The Morgan fingerprint density at radius 3 is 2.80 bits per heavy atom. The summed E-state index contributed by atoms with van der Waals surface area (Å²) in [5.41, 5.74) is 3.63. The topological polar surface area (TPSA) is 111 Å². The third kappa shape index (κ3) is 3.71. The van der Waals surface area contributed by atoms with Gasteiger partial charge in [0.25, 0.3) is 11.6 Å². The van der Waals surface area contributed by atoms with Crippen molar-refractivity contribution in [3.8, 4) is 0 Å². The van der Waals surface area contributed by atoms with Gasteiger partial charge in [0.2, 0.25) is 0 Å². The Morgan fingerprint density at radius 2 is 2.00 bits per heavy atom. The molecule has 3 aromatic rings. The summed E-state index contributed by atoms with van der Waals surface area (Å²) in [6, 6.07) is 11.7. The Bertz CT molecular complexity index is 1190. The Balaban J connectivity index is 1.50. The van der Waals surface area contributed by atoms with E-state index in [0.717, 1.165) is 36.0 Å². The van der Waals surface area contributed by atoms with Crippen LogP contribution in [0.2, 0.25) is 0 Å². The number of ether oxygens (including phenoxy) is 1. The van der Waals surface area contributed by atoms with Gasteiger partial charge in [0.05, 0.1) is 16.0 Å². The van der Waals surface area contributed by atoms with Crippen LogP contribution < -0.4 is 5.32 Å². The first-order valence-corrected chi connectivity index (χ1v) is 9.56. The van der Waals surface area contributed by atoms with Gasteiger partial charge in [-0.1, -0.05) is 24.3 Å². The van der Waals surface area contributed by atoms with E-state index < -0.39 is 23.4 Å². The van der Waals surface area contributed by atoms with Crippen LogP contribution >= 0.6 is 0 Å². The number of carbonyl (C=O) groups is 2. The number of rotatable bonds is 5. The molecule has 0 unspecified atom stereocenters. The van der Waals surface area contributed by atoms with Crippen molar-refractivity contribution in [3.05, 3.63) is 75.0 Å². The van der Waals surface area contributed by atoms with E-state index in [9.17, 15) is 19.7 Å². The van der Waals surface area contributed by atoms with Gasteiger partial charge in [-0.25, -0.2) is 4.79 Å². The molecule has 0 bridgehead atoms. The molecule has 0 fully saturated rings. The maximum absolute atomic E-state index is 12.8. The second kappa shape index (κ2) is 7.90. The molecule has 2 aromatic carbocycles. The van der Waals surface area contributed by atoms with E-state index in [1.54, 1.807) is 19.1 Å². The lowest BCUT2D eigenvalue weighted by molar-refractivity contribution is -0.385. The Labute approximate surface area is 172 Å². The Morgan fingerprint density at radius 1 is 1.20 bits per heavy atom. The fourth-order valence-corrected chi connectivity index (χ4v) is 3.73. The van der Waals surface area contributed by atoms with Crippen LogP contribution in [0.1, 0.15) is 33.6 Å². The SMILES string of the molecule is Cc1ccc(NC(=O)COC(=O)c2c3c(nc4ccccc24)CCC3)cc1[N+](=O)[O-]. The molecule has 1 N–H and O–H groups in total. The summed E-state index contributed by atoms with van der Waals surface area (Å²) in [7, 11) is 0. The molecule has 1 amide bonds. The number of carbonyl (C=O) groups excluding carboxylic acids is 2. The van der Waals surface area contributed by atoms with E-state index in [4.69, 9.17) is 4.74 Å². The molecule has 8 nitrogen and oxygen atoms in total. The third-order valence-corrected chi connectivity index (χ3v) is 5.15. The quantitative estimate of drug-likeness (QED) is 0.393. The van der Waals surface area contributed by atoms with Crippen molar-refractivity contribution in [2.75, 3.05) is 11.9 Å². The molecule has 0 saturated heterocycles. The fraction of sp³-hybridized carbons (Fsp3) is 0.227. The number of nitro benzene ring substituents is 1. The predicted molar refractivity (Wildman–Crippen MR) is 111 cm³/mol. The molecule has 0 atom stereocenters. The number of para-hydroxylation sites is 1. The molecule has 0 radical (unpaired) electrons. The number of fused-ring (bicyclic) bond motifs is 2. The van der Waals surface area contributed by atoms with Gasteiger partial charge in [0.1, 0.15) is 0 Å². The molecule has 0 spiro atoms. The van der Waals surface area contributed by atoms with Crippen LogP contribution in [0.4, 0.5) is 11.4 Å². The van der Waals surface area contributed by atoms with Crippen molar-refractivity contribution in [2.45, 2.75) is 26.2 Å². The Hall–Kier alpha value is -3.81. The molecular weight excluding hydrogens is 386 g/mol. The lowest BCUT2D eigenvalue weighted by Crippen LogP contribution is -2.22. The van der Waals surface area contributed by atoms with Gasteiger partial charge in [0.15, 0.2) is 6.61 Å². The largest absolute Gasteiger partial charge is 0.452 e. The number of nitro groups is 1. The summed E-state index contributed by atoms with van der Waals surface area (Å²) in [6.07, 6.45) is 2.48. The number of hydrogen-bond acceptors (Lipinski definition) is 6. The van der Waals surface area contributed by atoms with Crippen LogP contribution in [0.3, 0.4) is 0 Å². The van der Waals surface area contributed by atoms with Crippen LogP contribution in [-0.2, 0) is 22.4 Å². The van der Waals surface area contributed by atoms with E-state index >= 15 is 0 Å². The van der Waals surface area contributed by atoms with Crippen molar-refractivity contribution < 1.29 is 19.2 Å². The van der Waals surface area contributed by atoms with Crippen LogP contribution in [0.15, 0.2) is 42.5 Å². The highest BCUT2D eigenvalue weighted by molar-refractivity contribution is 6.06. The molecule has 1 heterocycles. The zero-order valence-corrected chi connectivity index (χ0v) is 16.3. The number of hydrogen-bond donors (Lipinski definition) is 1. The molecular formula is C22H19N3O5. The standard InChI is InChI=1S/C22H19N3O5/c1-13-9-10-14(11-19(13)25(28)29)23-20(26)12-30-22(27)21-15-5-2-3-7-17(15)24-18-8-4-6-16(18)21/h2-3,5,7,9-11H,4,6,8,12H2,1H3,(H,23,26). The van der Waals surface area contributed by atoms with Crippen LogP contribution in [0, 0.1) is 17.0 Å². The summed E-state index contributed by atoms with van der Waals surface area (Å²) >= 11 is 0. The molecule has 4 rings (SSSR count). The second-order valence-electron chi connectivity index (χ2n) is 7.17. The van der Waals surface area contributed by atoms with Crippen molar-refractivity contribution in [3.63, 3.8) is 0 Å². The number of amides is 1. The van der Waals surface area contributed by atoms with Crippen molar-refractivity contribution in [2.24, 2.45) is 0 Å². The summed E-state index contributed by atoms with van der Waals surface area (Å²) in [6.45, 7) is 1.12. The average Bonchev–Trinajstić information content (AvgIpc) is 3.19. The molecule has 8 heteroatoms. The predicted octanol–water partition coefficient (Wildman–Crippen LogP) is 3.74. The number of esters is 1. The van der Waals surface area contributed by atoms with E-state index in [0.29, 0.717) is 16.5 Å². The molecule has 1 aromatic heterocycles. The smallest absolute Gasteiger partial charge is 0.339 e. The number of pyridine rings is 1. The lowest BCUT2D eigenvalue weighted by atomic mass is 10.0. The first-order chi connectivity index (χ1) is 14.4. The van der Waals surface area contributed by atoms with E-state index in [-0.39, 0.29) is 11.4 Å². The minimum absolute atomic E-state index is 0.0939. The molecule has 0 saturated carbocycles. The maximum Gasteiger partial charge on any atom is 0.339 e. The zero-order valence-electron chi connectivity index (χ0n) is 16.3. The summed E-state index contributed by atoms with van der Waals surface area (Å²) in [4.78, 5) is 40.3. The molecule has 1 aliphatic rings. The molecule has 0 aliphatic heterocycles. The van der Waals surface area contributed by atoms with Gasteiger partial charge in [-0.2, -0.15) is 0 Å². The third-order valence-electron chi connectivity index (χ3n) is 5.15. The minimum atomic E-state index is -0.573. The first kappa shape index (κ1) is 19.5. The second-order valence-corrected chi connectivity index (χ2v) is 7.17. The zero-order chi connectivity index (χ0) is 21.3. The number of nitrogens with zero attached hydrogens (tertiary/aromatic N) is 2. The number of aromatic nitrogens is 1. The number of nitrogens with one attached hydrogen (secondary N) is 1. The number of anilines is 1. The van der Waals surface area contributed by atoms with Crippen LogP contribution in [0.25, 0.3) is 10.9 Å². The normalized spacial score (nSPS) is 12.4. The number of benzene rings is 2. The summed E-state index contributed by atoms with van der Waals surface area (Å²) in [5, 5.41) is 14.3. The summed E-state index contributed by atoms with van der Waals surface area (Å²) < 4.78 is 5.28. The van der Waals surface area contributed by atoms with Gasteiger partial charge in [0, 0.05) is 28.4 Å². The molecule has 152 valence electrons. The van der Waals surface area contributed by atoms with E-state index in [2.05, 4.69) is 10.3 Å².